The summed E-state index contributed by atoms with van der Waals surface area (Å²) in [6.45, 7) is 4.09. The van der Waals surface area contributed by atoms with Crippen molar-refractivity contribution < 1.29 is 10.2 Å². The number of hydrogen-bond acceptors (Lipinski definition) is 3. The van der Waals surface area contributed by atoms with Crippen molar-refractivity contribution >= 4 is 0 Å². The summed E-state index contributed by atoms with van der Waals surface area (Å²) in [6.07, 6.45) is 0.437. The lowest BCUT2D eigenvalue weighted by Gasteiger charge is -2.23. The van der Waals surface area contributed by atoms with E-state index in [1.54, 1.807) is 0 Å². The molecule has 0 saturated heterocycles. The van der Waals surface area contributed by atoms with E-state index in [9.17, 15) is 5.11 Å². The van der Waals surface area contributed by atoms with Gasteiger partial charge in [-0.05, 0) is 12.0 Å². The fourth-order valence-corrected chi connectivity index (χ4v) is 1.65. The van der Waals surface area contributed by atoms with Crippen LogP contribution in [0, 0.1) is 0 Å². The highest BCUT2D eigenvalue weighted by molar-refractivity contribution is 5.14. The molecule has 1 atom stereocenters. The second-order valence-corrected chi connectivity index (χ2v) is 4.01. The summed E-state index contributed by atoms with van der Waals surface area (Å²) >= 11 is 0. The second-order valence-electron chi connectivity index (χ2n) is 4.01. The Labute approximate surface area is 97.3 Å². The molecule has 0 bridgehead atoms. The summed E-state index contributed by atoms with van der Waals surface area (Å²) in [7, 11) is 0. The fourth-order valence-electron chi connectivity index (χ4n) is 1.65. The van der Waals surface area contributed by atoms with Gasteiger partial charge in [0.25, 0.3) is 0 Å². The van der Waals surface area contributed by atoms with Crippen molar-refractivity contribution in [1.29, 1.82) is 0 Å². The van der Waals surface area contributed by atoms with Gasteiger partial charge in [-0.3, -0.25) is 4.90 Å². The monoisotopic (exact) mass is 223 g/mol. The Bertz CT molecular complexity index is 277. The van der Waals surface area contributed by atoms with E-state index in [2.05, 4.69) is 17.0 Å². The SMILES string of the molecule is CC[C@@H](O)CN(CCO)Cc1ccccc1. The molecular weight excluding hydrogens is 202 g/mol. The maximum absolute atomic E-state index is 9.61. The molecule has 0 aliphatic carbocycles. The molecule has 0 amide bonds. The highest BCUT2D eigenvalue weighted by atomic mass is 16.3. The summed E-state index contributed by atoms with van der Waals surface area (Å²) in [5, 5.41) is 18.6. The quantitative estimate of drug-likeness (QED) is 0.731. The van der Waals surface area contributed by atoms with Crippen LogP contribution in [-0.2, 0) is 6.54 Å². The van der Waals surface area contributed by atoms with E-state index in [1.807, 2.05) is 25.1 Å². The number of aliphatic hydroxyl groups excluding tert-OH is 2. The lowest BCUT2D eigenvalue weighted by molar-refractivity contribution is 0.0930. The smallest absolute Gasteiger partial charge is 0.0664 e. The van der Waals surface area contributed by atoms with Crippen LogP contribution in [0.4, 0.5) is 0 Å². The van der Waals surface area contributed by atoms with Gasteiger partial charge in [0.15, 0.2) is 0 Å². The van der Waals surface area contributed by atoms with Gasteiger partial charge in [-0.1, -0.05) is 37.3 Å². The first-order valence-corrected chi connectivity index (χ1v) is 5.81. The molecular formula is C13H21NO2. The first-order chi connectivity index (χ1) is 7.76. The van der Waals surface area contributed by atoms with Gasteiger partial charge < -0.3 is 10.2 Å². The molecule has 0 spiro atoms. The van der Waals surface area contributed by atoms with Crippen molar-refractivity contribution in [3.05, 3.63) is 35.9 Å². The molecule has 0 aliphatic rings. The van der Waals surface area contributed by atoms with E-state index in [1.165, 1.54) is 5.56 Å². The summed E-state index contributed by atoms with van der Waals surface area (Å²) < 4.78 is 0. The Hall–Kier alpha value is -0.900. The second kappa shape index (κ2) is 7.39. The summed E-state index contributed by atoms with van der Waals surface area (Å²) in [6, 6.07) is 10.1. The van der Waals surface area contributed by atoms with Crippen molar-refractivity contribution in [1.82, 2.24) is 4.90 Å². The lowest BCUT2D eigenvalue weighted by atomic mass is 10.2. The topological polar surface area (TPSA) is 43.7 Å². The molecule has 0 fully saturated rings. The fraction of sp³-hybridized carbons (Fsp3) is 0.538. The maximum Gasteiger partial charge on any atom is 0.0664 e. The number of benzene rings is 1. The zero-order valence-corrected chi connectivity index (χ0v) is 9.84. The maximum atomic E-state index is 9.61. The molecule has 0 aromatic heterocycles. The summed E-state index contributed by atoms with van der Waals surface area (Å²) in [4.78, 5) is 2.07. The predicted molar refractivity (Wildman–Crippen MR) is 65.1 cm³/mol. The van der Waals surface area contributed by atoms with E-state index in [4.69, 9.17) is 5.11 Å². The first kappa shape index (κ1) is 13.2. The Morgan fingerprint density at radius 2 is 1.94 bits per heavy atom. The Kier molecular flexibility index (Phi) is 6.08. The van der Waals surface area contributed by atoms with E-state index in [-0.39, 0.29) is 12.7 Å². The van der Waals surface area contributed by atoms with Gasteiger partial charge in [0, 0.05) is 19.6 Å². The van der Waals surface area contributed by atoms with Crippen molar-refractivity contribution in [3.63, 3.8) is 0 Å². The Balaban J connectivity index is 2.50. The molecule has 0 unspecified atom stereocenters. The Morgan fingerprint density at radius 1 is 1.25 bits per heavy atom. The molecule has 0 saturated carbocycles. The van der Waals surface area contributed by atoms with Gasteiger partial charge in [-0.25, -0.2) is 0 Å². The van der Waals surface area contributed by atoms with Crippen LogP contribution >= 0.6 is 0 Å². The van der Waals surface area contributed by atoms with Crippen molar-refractivity contribution in [3.8, 4) is 0 Å². The van der Waals surface area contributed by atoms with Crippen LogP contribution in [0.3, 0.4) is 0 Å². The lowest BCUT2D eigenvalue weighted by Crippen LogP contribution is -2.33. The van der Waals surface area contributed by atoms with Gasteiger partial charge >= 0.3 is 0 Å². The molecule has 1 aromatic carbocycles. The highest BCUT2D eigenvalue weighted by Crippen LogP contribution is 2.05. The summed E-state index contributed by atoms with van der Waals surface area (Å²) in [5.41, 5.74) is 1.21. The standard InChI is InChI=1S/C13H21NO2/c1-2-13(16)11-14(8-9-15)10-12-6-4-3-5-7-12/h3-7,13,15-16H,2,8-11H2,1H3/t13-/m1/s1. The zero-order chi connectivity index (χ0) is 11.8. The van der Waals surface area contributed by atoms with Crippen molar-refractivity contribution in [2.45, 2.75) is 26.0 Å². The van der Waals surface area contributed by atoms with E-state index < -0.39 is 0 Å². The third kappa shape index (κ3) is 4.75. The van der Waals surface area contributed by atoms with Gasteiger partial charge in [-0.15, -0.1) is 0 Å². The van der Waals surface area contributed by atoms with Crippen LogP contribution in [0.1, 0.15) is 18.9 Å². The molecule has 16 heavy (non-hydrogen) atoms. The molecule has 0 radical (unpaired) electrons. The highest BCUT2D eigenvalue weighted by Gasteiger charge is 2.10. The van der Waals surface area contributed by atoms with Crippen LogP contribution < -0.4 is 0 Å². The molecule has 3 heteroatoms. The Morgan fingerprint density at radius 3 is 2.50 bits per heavy atom. The van der Waals surface area contributed by atoms with Crippen molar-refractivity contribution in [2.24, 2.45) is 0 Å². The van der Waals surface area contributed by atoms with Crippen LogP contribution in [-0.4, -0.2) is 40.9 Å². The van der Waals surface area contributed by atoms with Gasteiger partial charge in [0.1, 0.15) is 0 Å². The number of nitrogens with zero attached hydrogens (tertiary/aromatic N) is 1. The van der Waals surface area contributed by atoms with Crippen LogP contribution in [0.5, 0.6) is 0 Å². The van der Waals surface area contributed by atoms with E-state index in [0.717, 1.165) is 13.0 Å². The molecule has 0 heterocycles. The third-order valence-corrected chi connectivity index (χ3v) is 2.61. The minimum absolute atomic E-state index is 0.128. The number of aliphatic hydroxyl groups is 2. The van der Waals surface area contributed by atoms with E-state index in [0.29, 0.717) is 13.1 Å². The normalized spacial score (nSPS) is 13.0. The van der Waals surface area contributed by atoms with Gasteiger partial charge in [0.05, 0.1) is 12.7 Å². The first-order valence-electron chi connectivity index (χ1n) is 5.81. The average Bonchev–Trinajstić information content (AvgIpc) is 2.30. The van der Waals surface area contributed by atoms with E-state index >= 15 is 0 Å². The molecule has 90 valence electrons. The molecule has 2 N–H and O–H groups in total. The third-order valence-electron chi connectivity index (χ3n) is 2.61. The average molecular weight is 223 g/mol. The van der Waals surface area contributed by atoms with Crippen molar-refractivity contribution in [2.75, 3.05) is 19.7 Å². The number of hydrogen-bond donors (Lipinski definition) is 2. The van der Waals surface area contributed by atoms with Gasteiger partial charge in [0.2, 0.25) is 0 Å². The molecule has 3 nitrogen and oxygen atoms in total. The largest absolute Gasteiger partial charge is 0.395 e. The summed E-state index contributed by atoms with van der Waals surface area (Å²) in [5.74, 6) is 0. The molecule has 1 aromatic rings. The predicted octanol–water partition coefficient (Wildman–Crippen LogP) is 1.25. The zero-order valence-electron chi connectivity index (χ0n) is 9.84. The van der Waals surface area contributed by atoms with Gasteiger partial charge in [-0.2, -0.15) is 0 Å². The van der Waals surface area contributed by atoms with Crippen LogP contribution in [0.2, 0.25) is 0 Å². The molecule has 0 aliphatic heterocycles. The minimum atomic E-state index is -0.310. The number of rotatable bonds is 7. The minimum Gasteiger partial charge on any atom is -0.395 e. The van der Waals surface area contributed by atoms with Crippen LogP contribution in [0.15, 0.2) is 30.3 Å². The van der Waals surface area contributed by atoms with Crippen LogP contribution in [0.25, 0.3) is 0 Å². The molecule has 1 rings (SSSR count).